The Morgan fingerprint density at radius 1 is 1.38 bits per heavy atom. The number of nitrogens with zero attached hydrogens (tertiary/aromatic N) is 1. The number of nitrogen functional groups attached to an aromatic ring is 1. The van der Waals surface area contributed by atoms with Gasteiger partial charge in [-0.1, -0.05) is 0 Å². The van der Waals surface area contributed by atoms with E-state index in [0.29, 0.717) is 5.92 Å². The summed E-state index contributed by atoms with van der Waals surface area (Å²) in [5.41, 5.74) is 7.78. The maximum atomic E-state index is 5.68. The molecule has 0 spiro atoms. The standard InChI is InChI=1S/C13H20N2O/c1-2-16-10-11-7-8-15(9-11)13-5-3-12(14)4-6-13/h3-6,11H,2,7-10,14H2,1H3/t11-/m0/s1. The summed E-state index contributed by atoms with van der Waals surface area (Å²) in [4.78, 5) is 2.41. The molecule has 0 saturated carbocycles. The highest BCUT2D eigenvalue weighted by molar-refractivity contribution is 5.53. The van der Waals surface area contributed by atoms with Gasteiger partial charge in [0, 0.05) is 37.0 Å². The summed E-state index contributed by atoms with van der Waals surface area (Å²) in [7, 11) is 0. The third-order valence-corrected chi connectivity index (χ3v) is 3.10. The molecule has 0 radical (unpaired) electrons. The number of benzene rings is 1. The lowest BCUT2D eigenvalue weighted by molar-refractivity contribution is 0.117. The van der Waals surface area contributed by atoms with Gasteiger partial charge in [0.25, 0.3) is 0 Å². The molecular weight excluding hydrogens is 200 g/mol. The van der Waals surface area contributed by atoms with Crippen molar-refractivity contribution < 1.29 is 4.74 Å². The molecule has 2 N–H and O–H groups in total. The smallest absolute Gasteiger partial charge is 0.0511 e. The first-order chi connectivity index (χ1) is 7.79. The minimum Gasteiger partial charge on any atom is -0.399 e. The van der Waals surface area contributed by atoms with E-state index in [2.05, 4.69) is 17.0 Å². The quantitative estimate of drug-likeness (QED) is 0.790. The topological polar surface area (TPSA) is 38.5 Å². The molecule has 1 heterocycles. The SMILES string of the molecule is CCOC[C@H]1CCN(c2ccc(N)cc2)C1. The molecule has 88 valence electrons. The van der Waals surface area contributed by atoms with Crippen LogP contribution >= 0.6 is 0 Å². The zero-order valence-electron chi connectivity index (χ0n) is 9.86. The number of hydrogen-bond acceptors (Lipinski definition) is 3. The van der Waals surface area contributed by atoms with Crippen LogP contribution < -0.4 is 10.6 Å². The van der Waals surface area contributed by atoms with Crippen molar-refractivity contribution in [2.24, 2.45) is 5.92 Å². The first kappa shape index (κ1) is 11.3. The van der Waals surface area contributed by atoms with Crippen LogP contribution in [0.3, 0.4) is 0 Å². The van der Waals surface area contributed by atoms with Gasteiger partial charge in [-0.15, -0.1) is 0 Å². The minimum atomic E-state index is 0.678. The molecular formula is C13H20N2O. The molecule has 1 aromatic carbocycles. The fourth-order valence-electron chi connectivity index (χ4n) is 2.17. The average Bonchev–Trinajstić information content (AvgIpc) is 2.76. The van der Waals surface area contributed by atoms with Crippen LogP contribution in [0.2, 0.25) is 0 Å². The highest BCUT2D eigenvalue weighted by Gasteiger charge is 2.22. The van der Waals surface area contributed by atoms with E-state index in [1.165, 1.54) is 12.1 Å². The number of ether oxygens (including phenoxy) is 1. The van der Waals surface area contributed by atoms with Crippen molar-refractivity contribution in [3.8, 4) is 0 Å². The van der Waals surface area contributed by atoms with Crippen molar-refractivity contribution in [2.75, 3.05) is 36.9 Å². The summed E-state index contributed by atoms with van der Waals surface area (Å²) >= 11 is 0. The highest BCUT2D eigenvalue weighted by Crippen LogP contribution is 2.24. The fraction of sp³-hybridized carbons (Fsp3) is 0.538. The Kier molecular flexibility index (Phi) is 3.67. The zero-order valence-corrected chi connectivity index (χ0v) is 9.86. The van der Waals surface area contributed by atoms with Crippen molar-refractivity contribution in [1.29, 1.82) is 0 Å². The van der Waals surface area contributed by atoms with Crippen LogP contribution in [0.25, 0.3) is 0 Å². The second-order valence-electron chi connectivity index (χ2n) is 4.35. The zero-order chi connectivity index (χ0) is 11.4. The molecule has 16 heavy (non-hydrogen) atoms. The molecule has 3 heteroatoms. The van der Waals surface area contributed by atoms with Crippen molar-refractivity contribution >= 4 is 11.4 Å². The van der Waals surface area contributed by atoms with E-state index < -0.39 is 0 Å². The van der Waals surface area contributed by atoms with Gasteiger partial charge < -0.3 is 15.4 Å². The predicted octanol–water partition coefficient (Wildman–Crippen LogP) is 2.13. The van der Waals surface area contributed by atoms with Gasteiger partial charge in [0.2, 0.25) is 0 Å². The highest BCUT2D eigenvalue weighted by atomic mass is 16.5. The van der Waals surface area contributed by atoms with E-state index in [1.807, 2.05) is 19.1 Å². The molecule has 0 amide bonds. The van der Waals surface area contributed by atoms with Crippen molar-refractivity contribution in [1.82, 2.24) is 0 Å². The normalized spacial score (nSPS) is 20.3. The summed E-state index contributed by atoms with van der Waals surface area (Å²) in [6.07, 6.45) is 1.23. The Morgan fingerprint density at radius 2 is 2.12 bits per heavy atom. The van der Waals surface area contributed by atoms with Gasteiger partial charge in [-0.2, -0.15) is 0 Å². The van der Waals surface area contributed by atoms with Gasteiger partial charge in [-0.25, -0.2) is 0 Å². The van der Waals surface area contributed by atoms with E-state index in [-0.39, 0.29) is 0 Å². The molecule has 1 aliphatic heterocycles. The van der Waals surface area contributed by atoms with Crippen LogP contribution in [0.1, 0.15) is 13.3 Å². The largest absolute Gasteiger partial charge is 0.399 e. The Hall–Kier alpha value is -1.22. The summed E-state index contributed by atoms with van der Waals surface area (Å²) in [6, 6.07) is 8.12. The minimum absolute atomic E-state index is 0.678. The van der Waals surface area contributed by atoms with Crippen molar-refractivity contribution in [3.05, 3.63) is 24.3 Å². The summed E-state index contributed by atoms with van der Waals surface area (Å²) in [5.74, 6) is 0.678. The molecule has 1 saturated heterocycles. The fourth-order valence-corrected chi connectivity index (χ4v) is 2.17. The number of anilines is 2. The van der Waals surface area contributed by atoms with Gasteiger partial charge in [0.05, 0.1) is 6.61 Å². The van der Waals surface area contributed by atoms with E-state index in [4.69, 9.17) is 10.5 Å². The molecule has 0 bridgehead atoms. The van der Waals surface area contributed by atoms with Crippen molar-refractivity contribution in [3.63, 3.8) is 0 Å². The van der Waals surface area contributed by atoms with Gasteiger partial charge in [-0.05, 0) is 37.6 Å². The molecule has 1 aliphatic rings. The van der Waals surface area contributed by atoms with E-state index in [1.54, 1.807) is 0 Å². The first-order valence-electron chi connectivity index (χ1n) is 5.98. The molecule has 1 aromatic rings. The predicted molar refractivity (Wildman–Crippen MR) is 67.7 cm³/mol. The third kappa shape index (κ3) is 2.67. The molecule has 0 aromatic heterocycles. The van der Waals surface area contributed by atoms with Crippen molar-refractivity contribution in [2.45, 2.75) is 13.3 Å². The van der Waals surface area contributed by atoms with Gasteiger partial charge >= 0.3 is 0 Å². The number of hydrogen-bond donors (Lipinski definition) is 1. The van der Waals surface area contributed by atoms with E-state index in [9.17, 15) is 0 Å². The number of rotatable bonds is 4. The lowest BCUT2D eigenvalue weighted by atomic mass is 10.1. The van der Waals surface area contributed by atoms with Crippen LogP contribution in [-0.2, 0) is 4.74 Å². The average molecular weight is 220 g/mol. The van der Waals surface area contributed by atoms with E-state index in [0.717, 1.165) is 32.0 Å². The molecule has 0 unspecified atom stereocenters. The van der Waals surface area contributed by atoms with Crippen LogP contribution in [-0.4, -0.2) is 26.3 Å². The van der Waals surface area contributed by atoms with Gasteiger partial charge in [0.1, 0.15) is 0 Å². The lowest BCUT2D eigenvalue weighted by Crippen LogP contribution is -2.21. The maximum absolute atomic E-state index is 5.68. The van der Waals surface area contributed by atoms with Gasteiger partial charge in [-0.3, -0.25) is 0 Å². The second-order valence-corrected chi connectivity index (χ2v) is 4.35. The lowest BCUT2D eigenvalue weighted by Gasteiger charge is -2.18. The van der Waals surface area contributed by atoms with Gasteiger partial charge in [0.15, 0.2) is 0 Å². The summed E-state index contributed by atoms with van der Waals surface area (Å²) < 4.78 is 5.47. The Balaban J connectivity index is 1.90. The van der Waals surface area contributed by atoms with Crippen LogP contribution in [0.5, 0.6) is 0 Å². The second kappa shape index (κ2) is 5.21. The van der Waals surface area contributed by atoms with Crippen LogP contribution in [0.15, 0.2) is 24.3 Å². The molecule has 1 atom stereocenters. The molecule has 3 nitrogen and oxygen atoms in total. The third-order valence-electron chi connectivity index (χ3n) is 3.10. The van der Waals surface area contributed by atoms with E-state index >= 15 is 0 Å². The van der Waals surface area contributed by atoms with Crippen LogP contribution in [0.4, 0.5) is 11.4 Å². The summed E-state index contributed by atoms with van der Waals surface area (Å²) in [5, 5.41) is 0. The van der Waals surface area contributed by atoms with Crippen LogP contribution in [0, 0.1) is 5.92 Å². The summed E-state index contributed by atoms with van der Waals surface area (Å²) in [6.45, 7) is 5.98. The molecule has 1 fully saturated rings. The maximum Gasteiger partial charge on any atom is 0.0511 e. The monoisotopic (exact) mass is 220 g/mol. The number of nitrogens with two attached hydrogens (primary N) is 1. The Morgan fingerprint density at radius 3 is 2.81 bits per heavy atom. The molecule has 0 aliphatic carbocycles. The first-order valence-corrected chi connectivity index (χ1v) is 5.98. The molecule has 2 rings (SSSR count). The Labute approximate surface area is 97.2 Å². The Bertz CT molecular complexity index is 323.